The van der Waals surface area contributed by atoms with E-state index < -0.39 is 0 Å². The third-order valence-corrected chi connectivity index (χ3v) is 3.37. The number of aryl methyl sites for hydroxylation is 3. The summed E-state index contributed by atoms with van der Waals surface area (Å²) in [6.07, 6.45) is 5.54. The molecule has 0 saturated heterocycles. The fourth-order valence-electron chi connectivity index (χ4n) is 2.23. The van der Waals surface area contributed by atoms with Crippen molar-refractivity contribution in [2.75, 3.05) is 6.54 Å². The van der Waals surface area contributed by atoms with Gasteiger partial charge in [-0.15, -0.1) is 0 Å². The van der Waals surface area contributed by atoms with Gasteiger partial charge in [-0.3, -0.25) is 4.68 Å². The highest BCUT2D eigenvalue weighted by molar-refractivity contribution is 5.14. The summed E-state index contributed by atoms with van der Waals surface area (Å²) in [7, 11) is 1.99. The van der Waals surface area contributed by atoms with Crippen LogP contribution >= 0.6 is 0 Å². The second-order valence-electron chi connectivity index (χ2n) is 5.04. The van der Waals surface area contributed by atoms with Gasteiger partial charge < -0.3 is 5.32 Å². The Morgan fingerprint density at radius 1 is 1.25 bits per heavy atom. The summed E-state index contributed by atoms with van der Waals surface area (Å²) >= 11 is 0. The van der Waals surface area contributed by atoms with Gasteiger partial charge in [-0.2, -0.15) is 5.10 Å². The van der Waals surface area contributed by atoms with E-state index >= 15 is 0 Å². The second-order valence-corrected chi connectivity index (χ2v) is 5.04. The minimum Gasteiger partial charge on any atom is -0.307 e. The zero-order valence-electron chi connectivity index (χ0n) is 12.7. The third-order valence-electron chi connectivity index (χ3n) is 3.37. The molecule has 1 atom stereocenters. The first-order chi connectivity index (χ1) is 9.63. The molecule has 0 aliphatic heterocycles. The lowest BCUT2D eigenvalue weighted by atomic mass is 10.1. The van der Waals surface area contributed by atoms with Crippen LogP contribution in [0, 0.1) is 6.92 Å². The lowest BCUT2D eigenvalue weighted by molar-refractivity contribution is 0.504. The molecule has 108 valence electrons. The Hall–Kier alpha value is -1.75. The van der Waals surface area contributed by atoms with Crippen molar-refractivity contribution < 1.29 is 0 Å². The zero-order valence-corrected chi connectivity index (χ0v) is 12.7. The first kappa shape index (κ1) is 14.7. The van der Waals surface area contributed by atoms with Crippen LogP contribution in [-0.4, -0.2) is 26.3 Å². The molecule has 0 aliphatic rings. The Bertz CT molecular complexity index is 544. The van der Waals surface area contributed by atoms with Gasteiger partial charge in [-0.1, -0.05) is 13.8 Å². The minimum absolute atomic E-state index is 0.126. The van der Waals surface area contributed by atoms with Crippen molar-refractivity contribution in [2.24, 2.45) is 7.05 Å². The Morgan fingerprint density at radius 2 is 1.95 bits per heavy atom. The van der Waals surface area contributed by atoms with Crippen LogP contribution in [0.5, 0.6) is 0 Å². The maximum absolute atomic E-state index is 4.50. The molecule has 0 fully saturated rings. The van der Waals surface area contributed by atoms with Gasteiger partial charge >= 0.3 is 0 Å². The molecule has 2 rings (SSSR count). The summed E-state index contributed by atoms with van der Waals surface area (Å²) in [5.74, 6) is 0.844. The van der Waals surface area contributed by atoms with Gasteiger partial charge in [-0.05, 0) is 31.5 Å². The van der Waals surface area contributed by atoms with Crippen molar-refractivity contribution >= 4 is 0 Å². The summed E-state index contributed by atoms with van der Waals surface area (Å²) in [5.41, 5.74) is 3.41. The van der Waals surface area contributed by atoms with Crippen molar-refractivity contribution in [1.82, 2.24) is 25.1 Å². The van der Waals surface area contributed by atoms with Gasteiger partial charge in [-0.25, -0.2) is 9.97 Å². The maximum Gasteiger partial charge on any atom is 0.145 e. The fourth-order valence-corrected chi connectivity index (χ4v) is 2.23. The molecule has 2 aromatic rings. The normalized spacial score (nSPS) is 12.6. The van der Waals surface area contributed by atoms with E-state index in [2.05, 4.69) is 40.3 Å². The predicted octanol–water partition coefficient (Wildman–Crippen LogP) is 1.97. The standard InChI is InChI=1S/C15H23N5/c1-5-12-7-13(20(4)19-12)8-14(16-6-2)15-17-9-11(3)10-18-15/h7,9-10,14,16H,5-6,8H2,1-4H3. The first-order valence-electron chi connectivity index (χ1n) is 7.17. The number of hydrogen-bond acceptors (Lipinski definition) is 4. The molecule has 0 aromatic carbocycles. The van der Waals surface area contributed by atoms with Crippen LogP contribution in [0.15, 0.2) is 18.5 Å². The van der Waals surface area contributed by atoms with Gasteiger partial charge in [0.15, 0.2) is 0 Å². The Kier molecular flexibility index (Phi) is 4.84. The van der Waals surface area contributed by atoms with Gasteiger partial charge in [0.05, 0.1) is 11.7 Å². The third kappa shape index (κ3) is 3.42. The van der Waals surface area contributed by atoms with E-state index in [1.165, 1.54) is 5.69 Å². The van der Waals surface area contributed by atoms with Gasteiger partial charge in [0.1, 0.15) is 5.82 Å². The quantitative estimate of drug-likeness (QED) is 0.874. The molecule has 0 radical (unpaired) electrons. The van der Waals surface area contributed by atoms with Crippen LogP contribution in [-0.2, 0) is 19.9 Å². The lowest BCUT2D eigenvalue weighted by Gasteiger charge is -2.16. The maximum atomic E-state index is 4.50. The highest BCUT2D eigenvalue weighted by atomic mass is 15.3. The van der Waals surface area contributed by atoms with E-state index in [0.29, 0.717) is 0 Å². The topological polar surface area (TPSA) is 55.6 Å². The molecule has 0 saturated carbocycles. The van der Waals surface area contributed by atoms with Crippen LogP contribution in [0.4, 0.5) is 0 Å². The van der Waals surface area contributed by atoms with Gasteiger partial charge in [0.2, 0.25) is 0 Å². The predicted molar refractivity (Wildman–Crippen MR) is 79.5 cm³/mol. The number of rotatable bonds is 6. The molecular weight excluding hydrogens is 250 g/mol. The Labute approximate surface area is 120 Å². The van der Waals surface area contributed by atoms with E-state index in [-0.39, 0.29) is 6.04 Å². The van der Waals surface area contributed by atoms with Crippen molar-refractivity contribution in [3.8, 4) is 0 Å². The summed E-state index contributed by atoms with van der Waals surface area (Å²) in [5, 5.41) is 7.95. The molecule has 0 bridgehead atoms. The molecule has 0 amide bonds. The molecule has 5 heteroatoms. The van der Waals surface area contributed by atoms with Crippen LogP contribution in [0.25, 0.3) is 0 Å². The number of likely N-dealkylation sites (N-methyl/N-ethyl adjacent to an activating group) is 1. The number of nitrogens with one attached hydrogen (secondary N) is 1. The van der Waals surface area contributed by atoms with E-state index in [1.54, 1.807) is 0 Å². The molecule has 1 N–H and O–H groups in total. The van der Waals surface area contributed by atoms with Crippen LogP contribution in [0.1, 0.15) is 42.7 Å². The van der Waals surface area contributed by atoms with E-state index in [9.17, 15) is 0 Å². The highest BCUT2D eigenvalue weighted by Crippen LogP contribution is 2.16. The average molecular weight is 273 g/mol. The molecule has 0 aliphatic carbocycles. The van der Waals surface area contributed by atoms with Gasteiger partial charge in [0.25, 0.3) is 0 Å². The van der Waals surface area contributed by atoms with Crippen LogP contribution < -0.4 is 5.32 Å². The molecule has 2 aromatic heterocycles. The average Bonchev–Trinajstić information content (AvgIpc) is 2.80. The fraction of sp³-hybridized carbons (Fsp3) is 0.533. The molecule has 20 heavy (non-hydrogen) atoms. The number of hydrogen-bond donors (Lipinski definition) is 1. The molecular formula is C15H23N5. The van der Waals surface area contributed by atoms with Crippen molar-refractivity contribution in [1.29, 1.82) is 0 Å². The smallest absolute Gasteiger partial charge is 0.145 e. The second kappa shape index (κ2) is 6.61. The zero-order chi connectivity index (χ0) is 14.5. The molecule has 5 nitrogen and oxygen atoms in total. The number of nitrogens with zero attached hydrogens (tertiary/aromatic N) is 4. The SMILES string of the molecule is CCNC(Cc1cc(CC)nn1C)c1ncc(C)cn1. The van der Waals surface area contributed by atoms with E-state index in [0.717, 1.165) is 36.5 Å². The Balaban J connectivity index is 2.20. The Morgan fingerprint density at radius 3 is 2.50 bits per heavy atom. The van der Waals surface area contributed by atoms with Crippen LogP contribution in [0.3, 0.4) is 0 Å². The summed E-state index contributed by atoms with van der Waals surface area (Å²) in [6.45, 7) is 7.11. The molecule has 2 heterocycles. The summed E-state index contributed by atoms with van der Waals surface area (Å²) in [4.78, 5) is 8.89. The van der Waals surface area contributed by atoms with E-state index in [4.69, 9.17) is 0 Å². The van der Waals surface area contributed by atoms with Crippen molar-refractivity contribution in [3.05, 3.63) is 41.2 Å². The van der Waals surface area contributed by atoms with E-state index in [1.807, 2.05) is 31.0 Å². The lowest BCUT2D eigenvalue weighted by Crippen LogP contribution is -2.25. The monoisotopic (exact) mass is 273 g/mol. The molecule has 1 unspecified atom stereocenters. The summed E-state index contributed by atoms with van der Waals surface area (Å²) in [6, 6.07) is 2.29. The number of aromatic nitrogens is 4. The highest BCUT2D eigenvalue weighted by Gasteiger charge is 2.16. The largest absolute Gasteiger partial charge is 0.307 e. The van der Waals surface area contributed by atoms with Crippen molar-refractivity contribution in [2.45, 2.75) is 39.7 Å². The van der Waals surface area contributed by atoms with Crippen molar-refractivity contribution in [3.63, 3.8) is 0 Å². The van der Waals surface area contributed by atoms with Gasteiger partial charge in [0, 0.05) is 31.6 Å². The van der Waals surface area contributed by atoms with Crippen LogP contribution in [0.2, 0.25) is 0 Å². The summed E-state index contributed by atoms with van der Waals surface area (Å²) < 4.78 is 1.96. The molecule has 0 spiro atoms. The first-order valence-corrected chi connectivity index (χ1v) is 7.17. The minimum atomic E-state index is 0.126.